The highest BCUT2D eigenvalue weighted by Crippen LogP contribution is 2.25. The smallest absolute Gasteiger partial charge is 0.255 e. The summed E-state index contributed by atoms with van der Waals surface area (Å²) in [6, 6.07) is 11.4. The van der Waals surface area contributed by atoms with Gasteiger partial charge in [0.1, 0.15) is 11.6 Å². The van der Waals surface area contributed by atoms with Gasteiger partial charge in [-0.1, -0.05) is 32.0 Å². The zero-order valence-corrected chi connectivity index (χ0v) is 16.3. The lowest BCUT2D eigenvalue weighted by Crippen LogP contribution is -2.43. The van der Waals surface area contributed by atoms with Crippen LogP contribution in [0.15, 0.2) is 42.5 Å². The van der Waals surface area contributed by atoms with Gasteiger partial charge in [0.25, 0.3) is 5.91 Å². The number of carbonyl (C=O) groups excluding carboxylic acids is 1. The maximum absolute atomic E-state index is 13.8. The minimum absolute atomic E-state index is 0.0302. The average Bonchev–Trinajstić information content (AvgIpc) is 2.68. The Kier molecular flexibility index (Phi) is 6.65. The van der Waals surface area contributed by atoms with Crippen LogP contribution in [0.5, 0.6) is 5.75 Å². The van der Waals surface area contributed by atoms with E-state index in [0.717, 1.165) is 11.1 Å². The summed E-state index contributed by atoms with van der Waals surface area (Å²) in [4.78, 5) is 14.8. The van der Waals surface area contributed by atoms with Gasteiger partial charge in [0, 0.05) is 19.6 Å². The summed E-state index contributed by atoms with van der Waals surface area (Å²) in [7, 11) is 0. The standard InChI is InChI=1S/C22H27FN2O3/c1-15(2)16-6-7-19(21(26)13-16)22(27)24-14-20(25-8-10-28-11-9-25)17-4-3-5-18(23)12-17/h3-7,12-13,15,20,26H,8-11,14H2,1-2H3,(H,24,27). The van der Waals surface area contributed by atoms with Gasteiger partial charge in [-0.25, -0.2) is 4.39 Å². The number of phenols is 1. The lowest BCUT2D eigenvalue weighted by Gasteiger charge is -2.35. The van der Waals surface area contributed by atoms with Crippen LogP contribution in [0, 0.1) is 5.82 Å². The van der Waals surface area contributed by atoms with Crippen LogP contribution < -0.4 is 5.32 Å². The molecule has 0 aromatic heterocycles. The molecule has 1 heterocycles. The number of nitrogens with one attached hydrogen (secondary N) is 1. The quantitative estimate of drug-likeness (QED) is 0.798. The molecule has 1 fully saturated rings. The van der Waals surface area contributed by atoms with Crippen LogP contribution in [-0.4, -0.2) is 48.8 Å². The number of benzene rings is 2. The van der Waals surface area contributed by atoms with Crippen molar-refractivity contribution in [3.63, 3.8) is 0 Å². The molecule has 1 saturated heterocycles. The van der Waals surface area contributed by atoms with Gasteiger partial charge >= 0.3 is 0 Å². The Hall–Kier alpha value is -2.44. The van der Waals surface area contributed by atoms with Crippen LogP contribution in [0.25, 0.3) is 0 Å². The van der Waals surface area contributed by atoms with Crippen molar-refractivity contribution in [1.29, 1.82) is 0 Å². The number of rotatable bonds is 6. The molecule has 1 aliphatic rings. The highest BCUT2D eigenvalue weighted by atomic mass is 19.1. The lowest BCUT2D eigenvalue weighted by atomic mass is 10.0. The van der Waals surface area contributed by atoms with Crippen LogP contribution in [0.2, 0.25) is 0 Å². The third-order valence-corrected chi connectivity index (χ3v) is 5.11. The van der Waals surface area contributed by atoms with Crippen molar-refractivity contribution in [2.75, 3.05) is 32.8 Å². The van der Waals surface area contributed by atoms with E-state index in [1.54, 1.807) is 18.2 Å². The van der Waals surface area contributed by atoms with Gasteiger partial charge in [0.15, 0.2) is 0 Å². The molecule has 150 valence electrons. The van der Waals surface area contributed by atoms with E-state index >= 15 is 0 Å². The van der Waals surface area contributed by atoms with E-state index < -0.39 is 0 Å². The number of phenolic OH excluding ortho intramolecular Hbond substituents is 1. The molecule has 0 spiro atoms. The van der Waals surface area contributed by atoms with Gasteiger partial charge in [-0.15, -0.1) is 0 Å². The summed E-state index contributed by atoms with van der Waals surface area (Å²) >= 11 is 0. The number of halogens is 1. The van der Waals surface area contributed by atoms with E-state index in [-0.39, 0.29) is 35.0 Å². The molecule has 2 aromatic rings. The van der Waals surface area contributed by atoms with Crippen molar-refractivity contribution in [2.24, 2.45) is 0 Å². The summed E-state index contributed by atoms with van der Waals surface area (Å²) in [5.41, 5.74) is 2.02. The molecule has 0 saturated carbocycles. The third kappa shape index (κ3) is 4.88. The fourth-order valence-electron chi connectivity index (χ4n) is 3.45. The molecule has 1 unspecified atom stereocenters. The molecule has 3 rings (SSSR count). The van der Waals surface area contributed by atoms with E-state index in [0.29, 0.717) is 32.8 Å². The highest BCUT2D eigenvalue weighted by molar-refractivity contribution is 5.96. The van der Waals surface area contributed by atoms with E-state index in [4.69, 9.17) is 4.74 Å². The maximum Gasteiger partial charge on any atom is 0.255 e. The first-order valence-corrected chi connectivity index (χ1v) is 9.64. The SMILES string of the molecule is CC(C)c1ccc(C(=O)NCC(c2cccc(F)c2)N2CCOCC2)c(O)c1. The van der Waals surface area contributed by atoms with Gasteiger partial charge in [-0.3, -0.25) is 9.69 Å². The molecule has 5 nitrogen and oxygen atoms in total. The molecular formula is C22H27FN2O3. The van der Waals surface area contributed by atoms with Crippen molar-refractivity contribution in [1.82, 2.24) is 10.2 Å². The van der Waals surface area contributed by atoms with Gasteiger partial charge in [0.2, 0.25) is 0 Å². The summed E-state index contributed by atoms with van der Waals surface area (Å²) in [6.07, 6.45) is 0. The van der Waals surface area contributed by atoms with Crippen LogP contribution in [-0.2, 0) is 4.74 Å². The van der Waals surface area contributed by atoms with Crippen molar-refractivity contribution in [3.8, 4) is 5.75 Å². The summed E-state index contributed by atoms with van der Waals surface area (Å²) in [5, 5.41) is 13.1. The molecule has 0 bridgehead atoms. The fraction of sp³-hybridized carbons (Fsp3) is 0.409. The molecular weight excluding hydrogens is 359 g/mol. The Morgan fingerprint density at radius 2 is 1.93 bits per heavy atom. The summed E-state index contributed by atoms with van der Waals surface area (Å²) in [6.45, 7) is 7.01. The number of morpholine rings is 1. The van der Waals surface area contributed by atoms with Crippen molar-refractivity contribution < 1.29 is 19.0 Å². The Labute approximate surface area is 165 Å². The van der Waals surface area contributed by atoms with E-state index in [9.17, 15) is 14.3 Å². The van der Waals surface area contributed by atoms with Crippen LogP contribution in [0.3, 0.4) is 0 Å². The Bertz CT molecular complexity index is 819. The normalized spacial score (nSPS) is 16.1. The molecule has 0 aliphatic carbocycles. The molecule has 1 atom stereocenters. The van der Waals surface area contributed by atoms with Crippen molar-refractivity contribution in [2.45, 2.75) is 25.8 Å². The zero-order valence-electron chi connectivity index (χ0n) is 16.3. The summed E-state index contributed by atoms with van der Waals surface area (Å²) < 4.78 is 19.2. The largest absolute Gasteiger partial charge is 0.507 e. The number of carbonyl (C=O) groups is 1. The second-order valence-electron chi connectivity index (χ2n) is 7.36. The van der Waals surface area contributed by atoms with Gasteiger partial charge in [0.05, 0.1) is 24.8 Å². The Morgan fingerprint density at radius 1 is 1.18 bits per heavy atom. The fourth-order valence-corrected chi connectivity index (χ4v) is 3.45. The lowest BCUT2D eigenvalue weighted by molar-refractivity contribution is 0.0162. The minimum Gasteiger partial charge on any atom is -0.507 e. The maximum atomic E-state index is 13.8. The predicted molar refractivity (Wildman–Crippen MR) is 106 cm³/mol. The Balaban J connectivity index is 1.75. The minimum atomic E-state index is -0.345. The molecule has 0 radical (unpaired) electrons. The van der Waals surface area contributed by atoms with E-state index in [1.807, 2.05) is 26.0 Å². The number of amides is 1. The second-order valence-corrected chi connectivity index (χ2v) is 7.36. The van der Waals surface area contributed by atoms with Crippen molar-refractivity contribution in [3.05, 3.63) is 65.0 Å². The average molecular weight is 386 g/mol. The predicted octanol–water partition coefficient (Wildman–Crippen LogP) is 3.46. The van der Waals surface area contributed by atoms with E-state index in [2.05, 4.69) is 10.2 Å². The van der Waals surface area contributed by atoms with Gasteiger partial charge < -0.3 is 15.2 Å². The second kappa shape index (κ2) is 9.17. The molecule has 2 aromatic carbocycles. The highest BCUT2D eigenvalue weighted by Gasteiger charge is 2.24. The monoisotopic (exact) mass is 386 g/mol. The first kappa shape index (κ1) is 20.3. The molecule has 1 aliphatic heterocycles. The van der Waals surface area contributed by atoms with Gasteiger partial charge in [-0.05, 0) is 41.3 Å². The molecule has 28 heavy (non-hydrogen) atoms. The third-order valence-electron chi connectivity index (χ3n) is 5.11. The van der Waals surface area contributed by atoms with E-state index in [1.165, 1.54) is 12.1 Å². The number of nitrogens with zero attached hydrogens (tertiary/aromatic N) is 1. The number of ether oxygens (including phenoxy) is 1. The number of hydrogen-bond acceptors (Lipinski definition) is 4. The van der Waals surface area contributed by atoms with Crippen LogP contribution in [0.4, 0.5) is 4.39 Å². The molecule has 1 amide bonds. The van der Waals surface area contributed by atoms with Gasteiger partial charge in [-0.2, -0.15) is 0 Å². The van der Waals surface area contributed by atoms with Crippen molar-refractivity contribution >= 4 is 5.91 Å². The first-order valence-electron chi connectivity index (χ1n) is 9.64. The zero-order chi connectivity index (χ0) is 20.1. The summed E-state index contributed by atoms with van der Waals surface area (Å²) in [5.74, 6) is -0.412. The number of aromatic hydroxyl groups is 1. The van der Waals surface area contributed by atoms with Crippen LogP contribution in [0.1, 0.15) is 47.3 Å². The number of hydrogen-bond donors (Lipinski definition) is 2. The Morgan fingerprint density at radius 3 is 2.57 bits per heavy atom. The molecule has 6 heteroatoms. The molecule has 2 N–H and O–H groups in total. The first-order chi connectivity index (χ1) is 13.5. The topological polar surface area (TPSA) is 61.8 Å². The van der Waals surface area contributed by atoms with Crippen LogP contribution >= 0.6 is 0 Å².